The first-order valence-electron chi connectivity index (χ1n) is 7.62. The molecule has 6 nitrogen and oxygen atoms in total. The quantitative estimate of drug-likeness (QED) is 0.873. The molecule has 23 heavy (non-hydrogen) atoms. The number of hydrogen-bond donors (Lipinski definition) is 1. The van der Waals surface area contributed by atoms with Gasteiger partial charge in [0, 0.05) is 37.0 Å². The second-order valence-corrected chi connectivity index (χ2v) is 5.59. The fraction of sp³-hybridized carbons (Fsp3) is 0.294. The molecule has 1 fully saturated rings. The lowest BCUT2D eigenvalue weighted by molar-refractivity contribution is 0.0646. The number of nitrogens with zero attached hydrogens (tertiary/aromatic N) is 3. The third kappa shape index (κ3) is 3.21. The van der Waals surface area contributed by atoms with Crippen molar-refractivity contribution in [2.75, 3.05) is 18.8 Å². The Morgan fingerprint density at radius 2 is 1.70 bits per heavy atom. The monoisotopic (exact) mass is 310 g/mol. The molecule has 1 aliphatic rings. The highest BCUT2D eigenvalue weighted by Crippen LogP contribution is 2.23. The number of aromatic nitrogens is 2. The molecule has 1 amide bonds. The maximum absolute atomic E-state index is 12.5. The van der Waals surface area contributed by atoms with Crippen LogP contribution in [0.2, 0.25) is 0 Å². The van der Waals surface area contributed by atoms with Gasteiger partial charge in [-0.15, -0.1) is 0 Å². The Morgan fingerprint density at radius 1 is 1.04 bits per heavy atom. The molecule has 0 spiro atoms. The number of carbonyl (C=O) groups excluding carboxylic acids is 2. The van der Waals surface area contributed by atoms with E-state index in [-0.39, 0.29) is 29.1 Å². The van der Waals surface area contributed by atoms with Gasteiger partial charge in [-0.05, 0) is 12.8 Å². The minimum Gasteiger partial charge on any atom is -0.382 e. The van der Waals surface area contributed by atoms with Gasteiger partial charge in [-0.25, -0.2) is 9.97 Å². The second-order valence-electron chi connectivity index (χ2n) is 5.59. The number of Topliss-reactive ketones (excluding diaryl/α,β-unsaturated/α-hetero) is 1. The summed E-state index contributed by atoms with van der Waals surface area (Å²) in [5.74, 6) is 0.0264. The van der Waals surface area contributed by atoms with E-state index in [2.05, 4.69) is 9.97 Å². The zero-order chi connectivity index (χ0) is 16.2. The molecular formula is C17H18N4O2. The average molecular weight is 310 g/mol. The molecule has 0 unspecified atom stereocenters. The Bertz CT molecular complexity index is 710. The molecule has 0 saturated carbocycles. The summed E-state index contributed by atoms with van der Waals surface area (Å²) in [5, 5.41) is 0. The summed E-state index contributed by atoms with van der Waals surface area (Å²) in [6, 6.07) is 9.29. The molecule has 3 rings (SSSR count). The highest BCUT2D eigenvalue weighted by molar-refractivity contribution is 5.99. The number of rotatable bonds is 3. The summed E-state index contributed by atoms with van der Waals surface area (Å²) in [4.78, 5) is 34.5. The van der Waals surface area contributed by atoms with Crippen LogP contribution in [0.5, 0.6) is 0 Å². The average Bonchev–Trinajstić information content (AvgIpc) is 2.62. The van der Waals surface area contributed by atoms with Crippen molar-refractivity contribution in [3.8, 4) is 0 Å². The van der Waals surface area contributed by atoms with Crippen molar-refractivity contribution >= 4 is 17.5 Å². The van der Waals surface area contributed by atoms with Crippen molar-refractivity contribution in [3.63, 3.8) is 0 Å². The normalized spacial score (nSPS) is 15.4. The van der Waals surface area contributed by atoms with E-state index < -0.39 is 0 Å². The summed E-state index contributed by atoms with van der Waals surface area (Å²) in [6.07, 6.45) is 4.21. The number of benzene rings is 1. The number of piperidine rings is 1. The molecule has 2 aromatic rings. The molecule has 0 aliphatic carbocycles. The standard InChI is InChI=1S/C17H18N4O2/c18-16-14(19-8-9-20-16)17(23)21-10-6-13(7-11-21)15(22)12-4-2-1-3-5-12/h1-5,8-9,13H,6-7,10-11H2,(H2,18,20). The lowest BCUT2D eigenvalue weighted by Crippen LogP contribution is -2.41. The van der Waals surface area contributed by atoms with E-state index in [1.807, 2.05) is 30.3 Å². The van der Waals surface area contributed by atoms with E-state index in [0.29, 0.717) is 25.9 Å². The van der Waals surface area contributed by atoms with Crippen LogP contribution in [0, 0.1) is 5.92 Å². The number of amides is 1. The van der Waals surface area contributed by atoms with Gasteiger partial charge < -0.3 is 10.6 Å². The molecule has 1 aliphatic heterocycles. The first-order valence-corrected chi connectivity index (χ1v) is 7.62. The lowest BCUT2D eigenvalue weighted by atomic mass is 9.89. The van der Waals surface area contributed by atoms with Crippen LogP contribution in [0.3, 0.4) is 0 Å². The van der Waals surface area contributed by atoms with E-state index in [4.69, 9.17) is 5.73 Å². The van der Waals surface area contributed by atoms with E-state index >= 15 is 0 Å². The van der Waals surface area contributed by atoms with E-state index in [1.165, 1.54) is 12.4 Å². The number of anilines is 1. The van der Waals surface area contributed by atoms with E-state index in [0.717, 1.165) is 5.56 Å². The largest absolute Gasteiger partial charge is 0.382 e. The van der Waals surface area contributed by atoms with Gasteiger partial charge in [0.1, 0.15) is 0 Å². The minimum atomic E-state index is -0.221. The SMILES string of the molecule is Nc1nccnc1C(=O)N1CCC(C(=O)c2ccccc2)CC1. The zero-order valence-corrected chi connectivity index (χ0v) is 12.7. The summed E-state index contributed by atoms with van der Waals surface area (Å²) in [7, 11) is 0. The first-order chi connectivity index (χ1) is 11.2. The topological polar surface area (TPSA) is 89.2 Å². The minimum absolute atomic E-state index is 0.0411. The van der Waals surface area contributed by atoms with Gasteiger partial charge in [0.2, 0.25) is 0 Å². The molecule has 2 heterocycles. The molecule has 2 N–H and O–H groups in total. The lowest BCUT2D eigenvalue weighted by Gasteiger charge is -2.31. The van der Waals surface area contributed by atoms with Crippen LogP contribution < -0.4 is 5.73 Å². The number of nitrogens with two attached hydrogens (primary N) is 1. The van der Waals surface area contributed by atoms with Crippen molar-refractivity contribution in [3.05, 3.63) is 54.0 Å². The third-order valence-electron chi connectivity index (χ3n) is 4.14. The molecular weight excluding hydrogens is 292 g/mol. The number of nitrogen functional groups attached to an aromatic ring is 1. The Kier molecular flexibility index (Phi) is 4.32. The Morgan fingerprint density at radius 3 is 2.35 bits per heavy atom. The molecule has 0 bridgehead atoms. The van der Waals surface area contributed by atoms with Crippen LogP contribution in [0.1, 0.15) is 33.7 Å². The third-order valence-corrected chi connectivity index (χ3v) is 4.14. The van der Waals surface area contributed by atoms with Gasteiger partial charge in [0.25, 0.3) is 5.91 Å². The van der Waals surface area contributed by atoms with Gasteiger partial charge >= 0.3 is 0 Å². The maximum Gasteiger partial charge on any atom is 0.276 e. The van der Waals surface area contributed by atoms with Crippen LogP contribution in [0.25, 0.3) is 0 Å². The zero-order valence-electron chi connectivity index (χ0n) is 12.7. The number of hydrogen-bond acceptors (Lipinski definition) is 5. The van der Waals surface area contributed by atoms with Gasteiger partial charge in [-0.1, -0.05) is 30.3 Å². The van der Waals surface area contributed by atoms with E-state index in [9.17, 15) is 9.59 Å². The molecule has 6 heteroatoms. The molecule has 1 aromatic heterocycles. The van der Waals surface area contributed by atoms with Gasteiger partial charge in [0.15, 0.2) is 17.3 Å². The van der Waals surface area contributed by atoms with Crippen LogP contribution in [0.4, 0.5) is 5.82 Å². The van der Waals surface area contributed by atoms with E-state index in [1.54, 1.807) is 4.90 Å². The molecule has 1 aromatic carbocycles. The van der Waals surface area contributed by atoms with Crippen molar-refractivity contribution < 1.29 is 9.59 Å². The summed E-state index contributed by atoms with van der Waals surface area (Å²) < 4.78 is 0. The maximum atomic E-state index is 12.5. The first kappa shape index (κ1) is 15.1. The van der Waals surface area contributed by atoms with Gasteiger partial charge in [-0.2, -0.15) is 0 Å². The molecule has 0 atom stereocenters. The van der Waals surface area contributed by atoms with Crippen molar-refractivity contribution in [2.24, 2.45) is 5.92 Å². The number of likely N-dealkylation sites (tertiary alicyclic amines) is 1. The highest BCUT2D eigenvalue weighted by Gasteiger charge is 2.29. The second kappa shape index (κ2) is 6.56. The van der Waals surface area contributed by atoms with Crippen LogP contribution in [-0.2, 0) is 0 Å². The number of ketones is 1. The smallest absolute Gasteiger partial charge is 0.276 e. The molecule has 0 radical (unpaired) electrons. The van der Waals surface area contributed by atoms with Crippen molar-refractivity contribution in [1.82, 2.24) is 14.9 Å². The predicted molar refractivity (Wildman–Crippen MR) is 85.8 cm³/mol. The Labute approximate surface area is 134 Å². The van der Waals surface area contributed by atoms with Crippen molar-refractivity contribution in [2.45, 2.75) is 12.8 Å². The summed E-state index contributed by atoms with van der Waals surface area (Å²) in [5.41, 5.74) is 6.62. The van der Waals surface area contributed by atoms with Crippen molar-refractivity contribution in [1.29, 1.82) is 0 Å². The predicted octanol–water partition coefficient (Wildman–Crippen LogP) is 1.79. The fourth-order valence-electron chi connectivity index (χ4n) is 2.85. The highest BCUT2D eigenvalue weighted by atomic mass is 16.2. The van der Waals surface area contributed by atoms with Gasteiger partial charge in [0.05, 0.1) is 0 Å². The Balaban J connectivity index is 1.64. The fourth-order valence-corrected chi connectivity index (χ4v) is 2.85. The summed E-state index contributed by atoms with van der Waals surface area (Å²) >= 11 is 0. The molecule has 118 valence electrons. The molecule has 1 saturated heterocycles. The summed E-state index contributed by atoms with van der Waals surface area (Å²) in [6.45, 7) is 1.05. The Hall–Kier alpha value is -2.76. The van der Waals surface area contributed by atoms with Crippen LogP contribution >= 0.6 is 0 Å². The van der Waals surface area contributed by atoms with Crippen LogP contribution in [-0.4, -0.2) is 39.6 Å². The number of carbonyl (C=O) groups is 2. The van der Waals surface area contributed by atoms with Crippen LogP contribution in [0.15, 0.2) is 42.7 Å². The van der Waals surface area contributed by atoms with Gasteiger partial charge in [-0.3, -0.25) is 9.59 Å².